The monoisotopic (exact) mass is 299 g/mol. The predicted molar refractivity (Wildman–Crippen MR) is 75.9 cm³/mol. The molecule has 0 saturated carbocycles. The number of hydrogen-bond donors (Lipinski definition) is 1. The van der Waals surface area contributed by atoms with Crippen molar-refractivity contribution in [2.24, 2.45) is 0 Å². The number of benzene rings is 1. The van der Waals surface area contributed by atoms with Crippen LogP contribution in [0.1, 0.15) is 25.8 Å². The second-order valence-corrected chi connectivity index (χ2v) is 7.54. The SMILES string of the molecule is CC1CCNC(C)(Cc2ccc(Br)cc2)S1. The molecule has 0 radical (unpaired) electrons. The Balaban J connectivity index is 2.05. The Morgan fingerprint density at radius 2 is 2.12 bits per heavy atom. The minimum absolute atomic E-state index is 0.200. The van der Waals surface area contributed by atoms with E-state index in [4.69, 9.17) is 0 Å². The van der Waals surface area contributed by atoms with Gasteiger partial charge in [0.25, 0.3) is 0 Å². The van der Waals surface area contributed by atoms with Crippen molar-refractivity contribution in [3.8, 4) is 0 Å². The van der Waals surface area contributed by atoms with Gasteiger partial charge in [-0.3, -0.25) is 0 Å². The van der Waals surface area contributed by atoms with Crippen LogP contribution in [0.25, 0.3) is 0 Å². The van der Waals surface area contributed by atoms with Crippen LogP contribution < -0.4 is 5.32 Å². The first-order valence-electron chi connectivity index (χ1n) is 5.75. The third-order valence-corrected chi connectivity index (χ3v) is 4.94. The minimum Gasteiger partial charge on any atom is -0.303 e. The summed E-state index contributed by atoms with van der Waals surface area (Å²) in [5, 5.41) is 4.41. The van der Waals surface area contributed by atoms with Crippen molar-refractivity contribution in [1.29, 1.82) is 0 Å². The quantitative estimate of drug-likeness (QED) is 0.891. The van der Waals surface area contributed by atoms with E-state index < -0.39 is 0 Å². The van der Waals surface area contributed by atoms with Gasteiger partial charge in [-0.1, -0.05) is 35.0 Å². The summed E-state index contributed by atoms with van der Waals surface area (Å²) in [6.45, 7) is 5.78. The Morgan fingerprint density at radius 3 is 2.75 bits per heavy atom. The van der Waals surface area contributed by atoms with Crippen molar-refractivity contribution in [2.45, 2.75) is 36.8 Å². The summed E-state index contributed by atoms with van der Waals surface area (Å²) in [4.78, 5) is 0.200. The van der Waals surface area contributed by atoms with Gasteiger partial charge in [0.1, 0.15) is 0 Å². The molecule has 1 heterocycles. The molecule has 1 fully saturated rings. The van der Waals surface area contributed by atoms with Crippen LogP contribution in [0.5, 0.6) is 0 Å². The molecule has 2 atom stereocenters. The lowest BCUT2D eigenvalue weighted by Gasteiger charge is -2.37. The second kappa shape index (κ2) is 5.11. The standard InChI is InChI=1S/C13H18BrNS/c1-10-7-8-15-13(2,16-10)9-11-3-5-12(14)6-4-11/h3-6,10,15H,7-9H2,1-2H3. The predicted octanol–water partition coefficient (Wildman–Crippen LogP) is 3.82. The van der Waals surface area contributed by atoms with Gasteiger partial charge in [0, 0.05) is 9.72 Å². The van der Waals surface area contributed by atoms with E-state index in [1.807, 2.05) is 0 Å². The van der Waals surface area contributed by atoms with Crippen LogP contribution in [0, 0.1) is 0 Å². The lowest BCUT2D eigenvalue weighted by atomic mass is 10.1. The highest BCUT2D eigenvalue weighted by atomic mass is 79.9. The van der Waals surface area contributed by atoms with Crippen LogP contribution in [-0.2, 0) is 6.42 Å². The summed E-state index contributed by atoms with van der Waals surface area (Å²) < 4.78 is 1.15. The molecule has 0 aliphatic carbocycles. The number of halogens is 1. The molecule has 2 unspecified atom stereocenters. The summed E-state index contributed by atoms with van der Waals surface area (Å²) in [7, 11) is 0. The third-order valence-electron chi connectivity index (χ3n) is 2.97. The topological polar surface area (TPSA) is 12.0 Å². The number of hydrogen-bond acceptors (Lipinski definition) is 2. The molecule has 88 valence electrons. The van der Waals surface area contributed by atoms with Gasteiger partial charge in [0.05, 0.1) is 4.87 Å². The Kier molecular flexibility index (Phi) is 3.98. The molecule has 0 amide bonds. The fourth-order valence-electron chi connectivity index (χ4n) is 2.18. The molecule has 1 aromatic carbocycles. The minimum atomic E-state index is 0.200. The van der Waals surface area contributed by atoms with E-state index in [0.29, 0.717) is 0 Å². The number of nitrogens with one attached hydrogen (secondary N) is 1. The highest BCUT2D eigenvalue weighted by Gasteiger charge is 2.30. The summed E-state index contributed by atoms with van der Waals surface area (Å²) >= 11 is 5.54. The highest BCUT2D eigenvalue weighted by molar-refractivity contribution is 9.10. The molecule has 1 saturated heterocycles. The maximum absolute atomic E-state index is 3.64. The smallest absolute Gasteiger partial charge is 0.0660 e. The zero-order valence-electron chi connectivity index (χ0n) is 9.79. The van der Waals surface area contributed by atoms with Gasteiger partial charge in [0.2, 0.25) is 0 Å². The van der Waals surface area contributed by atoms with Gasteiger partial charge >= 0.3 is 0 Å². The molecule has 1 aromatic rings. The van der Waals surface area contributed by atoms with Crippen LogP contribution in [-0.4, -0.2) is 16.7 Å². The van der Waals surface area contributed by atoms with Gasteiger partial charge in [0.15, 0.2) is 0 Å². The molecule has 1 aliphatic heterocycles. The Hall–Kier alpha value is 0.01000. The van der Waals surface area contributed by atoms with Crippen LogP contribution in [0.3, 0.4) is 0 Å². The summed E-state index contributed by atoms with van der Waals surface area (Å²) in [6.07, 6.45) is 2.37. The molecular formula is C13H18BrNS. The van der Waals surface area contributed by atoms with Crippen molar-refractivity contribution in [1.82, 2.24) is 5.32 Å². The van der Waals surface area contributed by atoms with Crippen LogP contribution >= 0.6 is 27.7 Å². The molecule has 1 aliphatic rings. The second-order valence-electron chi connectivity index (χ2n) is 4.68. The average molecular weight is 300 g/mol. The van der Waals surface area contributed by atoms with Crippen molar-refractivity contribution in [3.05, 3.63) is 34.3 Å². The normalized spacial score (nSPS) is 30.3. The molecule has 2 rings (SSSR count). The van der Waals surface area contributed by atoms with Crippen molar-refractivity contribution in [3.63, 3.8) is 0 Å². The van der Waals surface area contributed by atoms with Gasteiger partial charge in [-0.25, -0.2) is 0 Å². The van der Waals surface area contributed by atoms with E-state index >= 15 is 0 Å². The van der Waals surface area contributed by atoms with Crippen molar-refractivity contribution < 1.29 is 0 Å². The number of thioether (sulfide) groups is 1. The van der Waals surface area contributed by atoms with Crippen LogP contribution in [0.4, 0.5) is 0 Å². The Labute approximate surface area is 111 Å². The molecular weight excluding hydrogens is 282 g/mol. The first-order chi connectivity index (χ1) is 7.57. The lowest BCUT2D eigenvalue weighted by molar-refractivity contribution is 0.467. The van der Waals surface area contributed by atoms with Crippen molar-refractivity contribution in [2.75, 3.05) is 6.54 Å². The van der Waals surface area contributed by atoms with E-state index in [1.54, 1.807) is 0 Å². The summed E-state index contributed by atoms with van der Waals surface area (Å²) in [6, 6.07) is 8.65. The fourth-order valence-corrected chi connectivity index (χ4v) is 4.00. The molecule has 0 bridgehead atoms. The molecule has 3 heteroatoms. The zero-order chi connectivity index (χ0) is 11.6. The van der Waals surface area contributed by atoms with E-state index in [0.717, 1.165) is 22.7 Å². The number of rotatable bonds is 2. The first-order valence-corrected chi connectivity index (χ1v) is 7.42. The lowest BCUT2D eigenvalue weighted by Crippen LogP contribution is -2.47. The molecule has 1 N–H and O–H groups in total. The maximum atomic E-state index is 3.64. The average Bonchev–Trinajstić information content (AvgIpc) is 2.21. The van der Waals surface area contributed by atoms with Crippen LogP contribution in [0.2, 0.25) is 0 Å². The maximum Gasteiger partial charge on any atom is 0.0660 e. The Bertz CT molecular complexity index is 351. The Morgan fingerprint density at radius 1 is 1.44 bits per heavy atom. The van der Waals surface area contributed by atoms with Crippen molar-refractivity contribution >= 4 is 27.7 Å². The molecule has 0 spiro atoms. The fraction of sp³-hybridized carbons (Fsp3) is 0.538. The van der Waals surface area contributed by atoms with E-state index in [1.165, 1.54) is 12.0 Å². The highest BCUT2D eigenvalue weighted by Crippen LogP contribution is 2.34. The molecule has 0 aromatic heterocycles. The van der Waals surface area contributed by atoms with E-state index in [-0.39, 0.29) is 4.87 Å². The third kappa shape index (κ3) is 3.25. The van der Waals surface area contributed by atoms with Gasteiger partial charge in [-0.2, -0.15) is 0 Å². The molecule has 1 nitrogen and oxygen atoms in total. The zero-order valence-corrected chi connectivity index (χ0v) is 12.2. The summed E-state index contributed by atoms with van der Waals surface area (Å²) in [5.74, 6) is 0. The summed E-state index contributed by atoms with van der Waals surface area (Å²) in [5.41, 5.74) is 1.40. The largest absolute Gasteiger partial charge is 0.303 e. The van der Waals surface area contributed by atoms with E-state index in [2.05, 4.69) is 71.1 Å². The van der Waals surface area contributed by atoms with Crippen LogP contribution in [0.15, 0.2) is 28.7 Å². The van der Waals surface area contributed by atoms with Gasteiger partial charge < -0.3 is 5.32 Å². The first kappa shape index (κ1) is 12.5. The van der Waals surface area contributed by atoms with E-state index in [9.17, 15) is 0 Å². The van der Waals surface area contributed by atoms with Gasteiger partial charge in [-0.15, -0.1) is 11.8 Å². The van der Waals surface area contributed by atoms with Gasteiger partial charge in [-0.05, 0) is 44.0 Å². The molecule has 16 heavy (non-hydrogen) atoms.